The Kier molecular flexibility index (Phi) is 3.50. The van der Waals surface area contributed by atoms with E-state index in [2.05, 4.69) is 81.5 Å². The van der Waals surface area contributed by atoms with Gasteiger partial charge in [-0.3, -0.25) is 0 Å². The fourth-order valence-electron chi connectivity index (χ4n) is 2.35. The Balaban J connectivity index is 1.92. The number of thiophene rings is 1. The summed E-state index contributed by atoms with van der Waals surface area (Å²) in [6.45, 7) is 8.88. The van der Waals surface area contributed by atoms with Gasteiger partial charge in [0.1, 0.15) is 0 Å². The van der Waals surface area contributed by atoms with Gasteiger partial charge in [0.15, 0.2) is 0 Å². The smallest absolute Gasteiger partial charge is 0.0939 e. The van der Waals surface area contributed by atoms with Gasteiger partial charge in [-0.1, -0.05) is 44.5 Å². The van der Waals surface area contributed by atoms with Crippen molar-refractivity contribution in [2.45, 2.75) is 33.1 Å². The summed E-state index contributed by atoms with van der Waals surface area (Å²) in [6, 6.07) is 17.6. The van der Waals surface area contributed by atoms with E-state index in [1.807, 2.05) is 0 Å². The minimum Gasteiger partial charge on any atom is -0.347 e. The van der Waals surface area contributed by atoms with Gasteiger partial charge in [-0.25, -0.2) is 0 Å². The van der Waals surface area contributed by atoms with Gasteiger partial charge in [0.2, 0.25) is 0 Å². The van der Waals surface area contributed by atoms with Gasteiger partial charge in [-0.15, -0.1) is 11.3 Å². The van der Waals surface area contributed by atoms with Crippen LogP contribution in [0.1, 0.15) is 31.9 Å². The van der Waals surface area contributed by atoms with Crippen LogP contribution in [0.25, 0.3) is 10.1 Å². The maximum atomic E-state index is 3.50. The molecule has 1 aromatic heterocycles. The van der Waals surface area contributed by atoms with Gasteiger partial charge in [-0.05, 0) is 53.6 Å². The number of rotatable bonds is 2. The number of nitrogens with one attached hydrogen (secondary N) is 1. The molecule has 2 heteroatoms. The van der Waals surface area contributed by atoms with Crippen LogP contribution in [0.15, 0.2) is 48.5 Å². The minimum absolute atomic E-state index is 0.195. The molecule has 0 aliphatic rings. The van der Waals surface area contributed by atoms with Crippen LogP contribution < -0.4 is 5.32 Å². The molecule has 1 heterocycles. The zero-order chi connectivity index (χ0) is 15.0. The molecule has 0 saturated carbocycles. The molecule has 0 amide bonds. The van der Waals surface area contributed by atoms with Crippen molar-refractivity contribution in [1.29, 1.82) is 0 Å². The quantitative estimate of drug-likeness (QED) is 0.589. The minimum atomic E-state index is 0.195. The lowest BCUT2D eigenvalue weighted by Crippen LogP contribution is -2.10. The molecule has 0 unspecified atom stereocenters. The summed E-state index contributed by atoms with van der Waals surface area (Å²) in [4.78, 5) is 0. The van der Waals surface area contributed by atoms with Crippen LogP contribution in [0.3, 0.4) is 0 Å². The molecule has 0 radical (unpaired) electrons. The van der Waals surface area contributed by atoms with Crippen LogP contribution >= 0.6 is 11.3 Å². The summed E-state index contributed by atoms with van der Waals surface area (Å²) >= 11 is 1.80. The second kappa shape index (κ2) is 5.19. The summed E-state index contributed by atoms with van der Waals surface area (Å²) in [5, 5.41) is 6.01. The van der Waals surface area contributed by atoms with Crippen LogP contribution in [-0.4, -0.2) is 0 Å². The normalized spacial score (nSPS) is 11.8. The molecule has 0 spiro atoms. The summed E-state index contributed by atoms with van der Waals surface area (Å²) in [5.41, 5.74) is 4.00. The van der Waals surface area contributed by atoms with Crippen molar-refractivity contribution in [2.24, 2.45) is 0 Å². The molecule has 0 fully saturated rings. The second-order valence-electron chi connectivity index (χ2n) is 6.60. The molecule has 1 nitrogen and oxygen atoms in total. The number of hydrogen-bond donors (Lipinski definition) is 1. The third-order valence-electron chi connectivity index (χ3n) is 3.70. The van der Waals surface area contributed by atoms with E-state index in [9.17, 15) is 0 Å². The average Bonchev–Trinajstić information content (AvgIpc) is 2.81. The van der Waals surface area contributed by atoms with Gasteiger partial charge in [0.05, 0.1) is 5.00 Å². The maximum Gasteiger partial charge on any atom is 0.0939 e. The lowest BCUT2D eigenvalue weighted by Gasteiger charge is -2.18. The van der Waals surface area contributed by atoms with Gasteiger partial charge in [0, 0.05) is 10.4 Å². The van der Waals surface area contributed by atoms with E-state index in [0.717, 1.165) is 5.69 Å². The van der Waals surface area contributed by atoms with Crippen molar-refractivity contribution in [3.8, 4) is 0 Å². The highest BCUT2D eigenvalue weighted by Gasteiger charge is 2.14. The van der Waals surface area contributed by atoms with E-state index in [4.69, 9.17) is 0 Å². The fourth-order valence-corrected chi connectivity index (χ4v) is 3.31. The van der Waals surface area contributed by atoms with Crippen molar-refractivity contribution in [3.63, 3.8) is 0 Å². The molecule has 21 heavy (non-hydrogen) atoms. The van der Waals surface area contributed by atoms with Gasteiger partial charge in [-0.2, -0.15) is 0 Å². The van der Waals surface area contributed by atoms with Crippen molar-refractivity contribution >= 4 is 32.1 Å². The molecule has 0 saturated heterocycles. The third kappa shape index (κ3) is 3.11. The number of fused-ring (bicyclic) bond motifs is 1. The number of benzene rings is 2. The molecular weight excluding hydrogens is 274 g/mol. The monoisotopic (exact) mass is 295 g/mol. The fraction of sp³-hybridized carbons (Fsp3) is 0.263. The Labute approximate surface area is 130 Å². The van der Waals surface area contributed by atoms with Crippen molar-refractivity contribution in [2.75, 3.05) is 5.32 Å². The van der Waals surface area contributed by atoms with E-state index in [1.165, 1.54) is 26.2 Å². The number of anilines is 2. The molecular formula is C19H21NS. The van der Waals surface area contributed by atoms with Gasteiger partial charge < -0.3 is 5.32 Å². The summed E-state index contributed by atoms with van der Waals surface area (Å²) in [6.07, 6.45) is 0. The van der Waals surface area contributed by atoms with E-state index < -0.39 is 0 Å². The first kappa shape index (κ1) is 14.2. The summed E-state index contributed by atoms with van der Waals surface area (Å²) in [5.74, 6) is 0. The largest absolute Gasteiger partial charge is 0.347 e. The lowest BCUT2D eigenvalue weighted by molar-refractivity contribution is 0.591. The van der Waals surface area contributed by atoms with E-state index in [-0.39, 0.29) is 5.41 Å². The number of aryl methyl sites for hydroxylation is 1. The van der Waals surface area contributed by atoms with Crippen molar-refractivity contribution in [1.82, 2.24) is 0 Å². The average molecular weight is 295 g/mol. The van der Waals surface area contributed by atoms with E-state index in [1.54, 1.807) is 11.3 Å². The molecule has 3 rings (SSSR count). The molecule has 0 aliphatic carbocycles. The van der Waals surface area contributed by atoms with Gasteiger partial charge >= 0.3 is 0 Å². The van der Waals surface area contributed by atoms with Crippen LogP contribution in [-0.2, 0) is 5.41 Å². The van der Waals surface area contributed by atoms with E-state index in [0.29, 0.717) is 0 Å². The van der Waals surface area contributed by atoms with Crippen molar-refractivity contribution in [3.05, 3.63) is 59.7 Å². The third-order valence-corrected chi connectivity index (χ3v) is 4.73. The predicted octanol–water partition coefficient (Wildman–Crippen LogP) is 6.25. The Morgan fingerprint density at radius 2 is 1.62 bits per heavy atom. The molecule has 1 N–H and O–H groups in total. The molecule has 108 valence electrons. The second-order valence-corrected chi connectivity index (χ2v) is 7.69. The van der Waals surface area contributed by atoms with Gasteiger partial charge in [0.25, 0.3) is 0 Å². The first-order valence-corrected chi connectivity index (χ1v) is 8.11. The first-order valence-electron chi connectivity index (χ1n) is 7.29. The van der Waals surface area contributed by atoms with E-state index >= 15 is 0 Å². The summed E-state index contributed by atoms with van der Waals surface area (Å²) in [7, 11) is 0. The molecule has 2 aromatic carbocycles. The Bertz CT molecular complexity index is 760. The maximum absolute atomic E-state index is 3.50. The topological polar surface area (TPSA) is 12.0 Å². The van der Waals surface area contributed by atoms with Crippen molar-refractivity contribution < 1.29 is 0 Å². The Morgan fingerprint density at radius 1 is 0.905 bits per heavy atom. The molecule has 0 bridgehead atoms. The lowest BCUT2D eigenvalue weighted by atomic mass is 9.87. The molecule has 0 atom stereocenters. The Hall–Kier alpha value is -1.80. The zero-order valence-corrected chi connectivity index (χ0v) is 13.8. The Morgan fingerprint density at radius 3 is 2.29 bits per heavy atom. The SMILES string of the molecule is Cc1ccc(Nc2cc3cc(C(C)(C)C)ccc3s2)cc1. The van der Waals surface area contributed by atoms with Crippen LogP contribution in [0, 0.1) is 6.92 Å². The van der Waals surface area contributed by atoms with Crippen LogP contribution in [0.5, 0.6) is 0 Å². The summed E-state index contributed by atoms with van der Waals surface area (Å²) < 4.78 is 1.33. The highest BCUT2D eigenvalue weighted by molar-refractivity contribution is 7.22. The highest BCUT2D eigenvalue weighted by Crippen LogP contribution is 2.34. The standard InChI is InChI=1S/C19H21NS/c1-13-5-8-16(9-6-13)20-18-12-14-11-15(19(2,3)4)7-10-17(14)21-18/h5-12,20H,1-4H3. The predicted molar refractivity (Wildman–Crippen MR) is 95.0 cm³/mol. The molecule has 3 aromatic rings. The highest BCUT2D eigenvalue weighted by atomic mass is 32.1. The number of hydrogen-bond acceptors (Lipinski definition) is 2. The zero-order valence-electron chi connectivity index (χ0n) is 13.0. The van der Waals surface area contributed by atoms with Crippen LogP contribution in [0.2, 0.25) is 0 Å². The first-order chi connectivity index (χ1) is 9.91. The molecule has 0 aliphatic heterocycles. The van der Waals surface area contributed by atoms with Crippen LogP contribution in [0.4, 0.5) is 10.7 Å².